The Morgan fingerprint density at radius 3 is 2.54 bits per heavy atom. The van der Waals surface area contributed by atoms with Crippen LogP contribution in [0.5, 0.6) is 0 Å². The van der Waals surface area contributed by atoms with Gasteiger partial charge in [0.1, 0.15) is 5.65 Å². The van der Waals surface area contributed by atoms with Gasteiger partial charge in [-0.1, -0.05) is 12.1 Å². The molecule has 1 saturated heterocycles. The molecular weight excluding hydrogens is 464 g/mol. The number of benzene rings is 1. The van der Waals surface area contributed by atoms with Crippen molar-refractivity contribution in [2.24, 2.45) is 7.05 Å². The zero-order valence-electron chi connectivity index (χ0n) is 26.9. The lowest BCUT2D eigenvalue weighted by Crippen LogP contribution is -2.35. The lowest BCUT2D eigenvalue weighted by molar-refractivity contribution is 0.0827. The maximum atomic E-state index is 12.8. The number of nitrogens with zero attached hydrogens (tertiary/aromatic N) is 5. The summed E-state index contributed by atoms with van der Waals surface area (Å²) in [5.41, 5.74) is 9.63. The van der Waals surface area contributed by atoms with E-state index in [0.717, 1.165) is 53.9 Å². The van der Waals surface area contributed by atoms with Gasteiger partial charge in [-0.05, 0) is 74.7 Å². The molecule has 1 fully saturated rings. The number of fused-ring (bicyclic) bond motifs is 1. The Balaban J connectivity index is 1.30. The minimum Gasteiger partial charge on any atom is -0.399 e. The number of carbonyl (C=O) groups is 1. The third-order valence-corrected chi connectivity index (χ3v) is 7.48. The number of aryl methyl sites for hydroxylation is 1. The molecule has 0 spiro atoms. The molecule has 37 heavy (non-hydrogen) atoms. The number of nitrogens with two attached hydrogens (primary N) is 1. The van der Waals surface area contributed by atoms with Crippen LogP contribution >= 0.6 is 0 Å². The van der Waals surface area contributed by atoms with E-state index in [1.54, 1.807) is 35.2 Å². The Morgan fingerprint density at radius 2 is 1.86 bits per heavy atom. The summed E-state index contributed by atoms with van der Waals surface area (Å²) < 4.78 is 48.7. The van der Waals surface area contributed by atoms with Crippen LogP contribution in [0.1, 0.15) is 61.6 Å². The van der Waals surface area contributed by atoms with E-state index >= 15 is 0 Å². The predicted molar refractivity (Wildman–Crippen MR) is 147 cm³/mol. The molecule has 0 bridgehead atoms. The van der Waals surface area contributed by atoms with Gasteiger partial charge < -0.3 is 15.2 Å². The SMILES string of the molecule is [2H]C([2H])([2H])N(C(=O)c1ccc(C2CCN([C@@H](C)c3cc4c(-n5ccc(N)cc5=O)ccnc4n3C)CC2)cc1)C([2H])([2H])[2H]. The van der Waals surface area contributed by atoms with Gasteiger partial charge >= 0.3 is 0 Å². The lowest BCUT2D eigenvalue weighted by Gasteiger charge is -2.36. The summed E-state index contributed by atoms with van der Waals surface area (Å²) in [6, 6.07) is 13.7. The van der Waals surface area contributed by atoms with Gasteiger partial charge in [0.2, 0.25) is 0 Å². The predicted octanol–water partition coefficient (Wildman–Crippen LogP) is 3.95. The fourth-order valence-electron chi connectivity index (χ4n) is 5.36. The van der Waals surface area contributed by atoms with E-state index in [4.69, 9.17) is 14.0 Å². The van der Waals surface area contributed by atoms with Gasteiger partial charge in [0.05, 0.1) is 5.69 Å². The number of nitrogen functional groups attached to an aromatic ring is 1. The summed E-state index contributed by atoms with van der Waals surface area (Å²) in [5.74, 6) is -0.809. The third kappa shape index (κ3) is 4.64. The molecule has 0 aliphatic carbocycles. The van der Waals surface area contributed by atoms with E-state index in [-0.39, 0.29) is 28.0 Å². The van der Waals surface area contributed by atoms with Gasteiger partial charge in [-0.15, -0.1) is 0 Å². The molecule has 192 valence electrons. The molecule has 0 saturated carbocycles. The van der Waals surface area contributed by atoms with Crippen molar-refractivity contribution >= 4 is 22.6 Å². The second-order valence-electron chi connectivity index (χ2n) is 9.61. The Hall–Kier alpha value is -3.91. The number of likely N-dealkylation sites (tertiary alicyclic amines) is 1. The molecule has 5 rings (SSSR count). The first-order chi connectivity index (χ1) is 20.2. The van der Waals surface area contributed by atoms with E-state index < -0.39 is 19.9 Å². The van der Waals surface area contributed by atoms with Crippen LogP contribution in [0.3, 0.4) is 0 Å². The average molecular weight is 505 g/mol. The highest BCUT2D eigenvalue weighted by atomic mass is 16.2. The zero-order valence-corrected chi connectivity index (χ0v) is 20.9. The van der Waals surface area contributed by atoms with Crippen LogP contribution in [0.25, 0.3) is 16.7 Å². The van der Waals surface area contributed by atoms with Crippen molar-refractivity contribution < 1.29 is 13.0 Å². The van der Waals surface area contributed by atoms with Crippen molar-refractivity contribution in [1.29, 1.82) is 0 Å². The summed E-state index contributed by atoms with van der Waals surface area (Å²) >= 11 is 0. The first-order valence-electron chi connectivity index (χ1n) is 15.3. The zero-order chi connectivity index (χ0) is 31.3. The van der Waals surface area contributed by atoms with Gasteiger partial charge in [-0.2, -0.15) is 0 Å². The molecule has 1 aromatic carbocycles. The van der Waals surface area contributed by atoms with E-state index in [9.17, 15) is 9.59 Å². The van der Waals surface area contributed by atoms with Gasteiger partial charge in [0.25, 0.3) is 11.5 Å². The molecule has 1 amide bonds. The second kappa shape index (κ2) is 9.86. The molecule has 4 heterocycles. The minimum absolute atomic E-state index is 0.0194. The van der Waals surface area contributed by atoms with Crippen LogP contribution in [-0.4, -0.2) is 56.9 Å². The van der Waals surface area contributed by atoms with Crippen molar-refractivity contribution in [2.45, 2.75) is 31.7 Å². The highest BCUT2D eigenvalue weighted by Crippen LogP contribution is 2.34. The van der Waals surface area contributed by atoms with Crippen LogP contribution in [0, 0.1) is 0 Å². The number of hydrogen-bond donors (Lipinski definition) is 1. The van der Waals surface area contributed by atoms with E-state index in [1.807, 2.05) is 13.1 Å². The van der Waals surface area contributed by atoms with Crippen LogP contribution in [-0.2, 0) is 7.05 Å². The maximum absolute atomic E-state index is 12.8. The van der Waals surface area contributed by atoms with E-state index in [0.29, 0.717) is 5.69 Å². The molecule has 1 aliphatic heterocycles. The quantitative estimate of drug-likeness (QED) is 0.445. The second-order valence-corrected chi connectivity index (χ2v) is 9.61. The minimum atomic E-state index is -3.08. The molecule has 3 aromatic heterocycles. The smallest absolute Gasteiger partial charge is 0.257 e. The van der Waals surface area contributed by atoms with Crippen molar-refractivity contribution in [1.82, 2.24) is 23.9 Å². The maximum Gasteiger partial charge on any atom is 0.257 e. The van der Waals surface area contributed by atoms with E-state index in [1.165, 1.54) is 18.2 Å². The number of hydrogen-bond acceptors (Lipinski definition) is 5. The van der Waals surface area contributed by atoms with Crippen molar-refractivity contribution in [3.05, 3.63) is 88.1 Å². The number of anilines is 1. The molecule has 8 heteroatoms. The Labute approximate surface area is 225 Å². The summed E-state index contributed by atoms with van der Waals surface area (Å²) in [7, 11) is 1.98. The molecule has 1 aliphatic rings. The number of aromatic nitrogens is 3. The Kier molecular flexibility index (Phi) is 4.89. The fourth-order valence-corrected chi connectivity index (χ4v) is 5.36. The molecule has 8 nitrogen and oxygen atoms in total. The van der Waals surface area contributed by atoms with Crippen LogP contribution in [0.2, 0.25) is 0 Å². The Morgan fingerprint density at radius 1 is 1.14 bits per heavy atom. The topological polar surface area (TPSA) is 89.4 Å². The largest absolute Gasteiger partial charge is 0.399 e. The van der Waals surface area contributed by atoms with Crippen molar-refractivity contribution in [2.75, 3.05) is 32.8 Å². The van der Waals surface area contributed by atoms with Crippen molar-refractivity contribution in [3.8, 4) is 5.69 Å². The highest BCUT2D eigenvalue weighted by molar-refractivity contribution is 5.93. The molecule has 0 unspecified atom stereocenters. The normalized spacial score (nSPS) is 18.8. The molecule has 4 aromatic rings. The standard InChI is InChI=1S/C29H34N6O2/c1-19(34-14-10-21(11-15-34)20-5-7-22(8-6-20)29(37)32(2)3)26-18-24-25(9-13-31-28(24)33(26)4)35-16-12-23(30)17-27(35)36/h5-9,12-13,16-19,21H,10-11,14-15,30H2,1-4H3/t19-/m0/s1/i2D3,3D3. The number of piperidine rings is 1. The monoisotopic (exact) mass is 504 g/mol. The number of rotatable bonds is 5. The first kappa shape index (κ1) is 18.4. The highest BCUT2D eigenvalue weighted by Gasteiger charge is 2.27. The Bertz CT molecular complexity index is 1690. The molecule has 1 atom stereocenters. The number of amides is 1. The third-order valence-electron chi connectivity index (χ3n) is 7.48. The van der Waals surface area contributed by atoms with Crippen LogP contribution in [0.4, 0.5) is 5.69 Å². The lowest BCUT2D eigenvalue weighted by atomic mass is 9.88. The number of carbonyl (C=O) groups excluding carboxylic acids is 1. The molecular formula is C29H34N6O2. The van der Waals surface area contributed by atoms with Crippen molar-refractivity contribution in [3.63, 3.8) is 0 Å². The summed E-state index contributed by atoms with van der Waals surface area (Å²) in [6.07, 6.45) is 5.13. The fraction of sp³-hybridized carbons (Fsp3) is 0.345. The van der Waals surface area contributed by atoms with Crippen LogP contribution in [0.15, 0.2) is 65.7 Å². The number of pyridine rings is 2. The summed E-state index contributed by atoms with van der Waals surface area (Å²) in [5, 5.41) is 0.874. The summed E-state index contributed by atoms with van der Waals surface area (Å²) in [4.78, 5) is 32.4. The first-order valence-corrected chi connectivity index (χ1v) is 12.3. The van der Waals surface area contributed by atoms with Gasteiger partial charge in [0.15, 0.2) is 0 Å². The molecule has 0 radical (unpaired) electrons. The van der Waals surface area contributed by atoms with Gasteiger partial charge in [-0.3, -0.25) is 19.1 Å². The van der Waals surface area contributed by atoms with Gasteiger partial charge in [0, 0.05) is 76.1 Å². The van der Waals surface area contributed by atoms with Crippen LogP contribution < -0.4 is 11.3 Å². The van der Waals surface area contributed by atoms with Gasteiger partial charge in [-0.25, -0.2) is 4.98 Å². The molecule has 2 N–H and O–H groups in total. The van der Waals surface area contributed by atoms with E-state index in [2.05, 4.69) is 27.4 Å². The average Bonchev–Trinajstić information content (AvgIpc) is 3.28. The summed E-state index contributed by atoms with van der Waals surface area (Å²) in [6.45, 7) is -2.35.